The minimum absolute atomic E-state index is 0.700. The van der Waals surface area contributed by atoms with Gasteiger partial charge in [0.1, 0.15) is 0 Å². The van der Waals surface area contributed by atoms with Crippen LogP contribution in [0, 0.1) is 0 Å². The number of rotatable bonds is 1. The SMILES string of the molecule is Nc1cc[nH]c1C1=NC=CC1=C1C=CC=N1. The molecule has 0 saturated heterocycles. The molecular formula is C12H10N4. The molecule has 16 heavy (non-hydrogen) atoms. The van der Waals surface area contributed by atoms with E-state index in [-0.39, 0.29) is 0 Å². The summed E-state index contributed by atoms with van der Waals surface area (Å²) in [4.78, 5) is 11.7. The lowest BCUT2D eigenvalue weighted by Crippen LogP contribution is -2.05. The van der Waals surface area contributed by atoms with E-state index in [9.17, 15) is 0 Å². The number of nitrogen functional groups attached to an aromatic ring is 1. The molecule has 0 aromatic carbocycles. The predicted molar refractivity (Wildman–Crippen MR) is 65.5 cm³/mol. The highest BCUT2D eigenvalue weighted by molar-refractivity contribution is 6.18. The third-order valence-corrected chi connectivity index (χ3v) is 2.55. The summed E-state index contributed by atoms with van der Waals surface area (Å²) in [5, 5.41) is 0. The van der Waals surface area contributed by atoms with Gasteiger partial charge in [-0.05, 0) is 24.3 Å². The Labute approximate surface area is 92.6 Å². The van der Waals surface area contributed by atoms with Gasteiger partial charge < -0.3 is 10.7 Å². The third kappa shape index (κ3) is 1.24. The Kier molecular flexibility index (Phi) is 1.86. The molecule has 0 bridgehead atoms. The van der Waals surface area contributed by atoms with Crippen LogP contribution in [0.15, 0.2) is 57.9 Å². The molecule has 0 amide bonds. The zero-order valence-corrected chi connectivity index (χ0v) is 8.51. The summed E-state index contributed by atoms with van der Waals surface area (Å²) >= 11 is 0. The molecule has 3 heterocycles. The molecule has 1 aromatic heterocycles. The Balaban J connectivity index is 2.11. The zero-order chi connectivity index (χ0) is 11.0. The molecule has 0 saturated carbocycles. The quantitative estimate of drug-likeness (QED) is 0.729. The van der Waals surface area contributed by atoms with E-state index in [2.05, 4.69) is 15.0 Å². The van der Waals surface area contributed by atoms with Crippen LogP contribution in [0.3, 0.4) is 0 Å². The van der Waals surface area contributed by atoms with Gasteiger partial charge in [0.15, 0.2) is 0 Å². The molecule has 78 valence electrons. The van der Waals surface area contributed by atoms with Gasteiger partial charge >= 0.3 is 0 Å². The van der Waals surface area contributed by atoms with E-state index in [1.54, 1.807) is 12.4 Å². The number of anilines is 1. The van der Waals surface area contributed by atoms with Crippen LogP contribution >= 0.6 is 0 Å². The number of allylic oxidation sites excluding steroid dienone is 4. The van der Waals surface area contributed by atoms with E-state index < -0.39 is 0 Å². The number of aromatic amines is 1. The van der Waals surface area contributed by atoms with Gasteiger partial charge in [-0.2, -0.15) is 0 Å². The van der Waals surface area contributed by atoms with Crippen molar-refractivity contribution in [3.63, 3.8) is 0 Å². The molecule has 2 aliphatic heterocycles. The second kappa shape index (κ2) is 3.34. The molecule has 4 nitrogen and oxygen atoms in total. The summed E-state index contributed by atoms with van der Waals surface area (Å²) in [5.41, 5.74) is 10.2. The number of aliphatic imine (C=N–C) groups is 2. The molecule has 2 aliphatic rings. The van der Waals surface area contributed by atoms with Crippen LogP contribution < -0.4 is 5.73 Å². The third-order valence-electron chi connectivity index (χ3n) is 2.55. The lowest BCUT2D eigenvalue weighted by Gasteiger charge is -2.03. The van der Waals surface area contributed by atoms with Crippen LogP contribution in [-0.4, -0.2) is 16.9 Å². The standard InChI is InChI=1S/C12H10N4/c13-9-4-7-16-12(9)11-8(3-6-15-11)10-2-1-5-14-10/h1-7,16H,13H2. The maximum absolute atomic E-state index is 5.86. The Morgan fingerprint density at radius 3 is 2.88 bits per heavy atom. The van der Waals surface area contributed by atoms with E-state index in [4.69, 9.17) is 5.73 Å². The molecular weight excluding hydrogens is 200 g/mol. The average molecular weight is 210 g/mol. The summed E-state index contributed by atoms with van der Waals surface area (Å²) in [5.74, 6) is 0. The van der Waals surface area contributed by atoms with Crippen LogP contribution in [0.1, 0.15) is 5.69 Å². The lowest BCUT2D eigenvalue weighted by molar-refractivity contribution is 1.35. The van der Waals surface area contributed by atoms with E-state index in [1.165, 1.54) is 0 Å². The van der Waals surface area contributed by atoms with Crippen molar-refractivity contribution in [2.45, 2.75) is 0 Å². The van der Waals surface area contributed by atoms with Crippen molar-refractivity contribution < 1.29 is 0 Å². The van der Waals surface area contributed by atoms with Gasteiger partial charge in [0.2, 0.25) is 0 Å². The van der Waals surface area contributed by atoms with Crippen LogP contribution in [0.4, 0.5) is 5.69 Å². The normalized spacial score (nSPS) is 22.1. The summed E-state index contributed by atoms with van der Waals surface area (Å²) in [7, 11) is 0. The van der Waals surface area contributed by atoms with Gasteiger partial charge in [-0.15, -0.1) is 0 Å². The Morgan fingerprint density at radius 2 is 2.19 bits per heavy atom. The fourth-order valence-electron chi connectivity index (χ4n) is 1.79. The van der Waals surface area contributed by atoms with Crippen molar-refractivity contribution in [2.75, 3.05) is 5.73 Å². The average Bonchev–Trinajstić information content (AvgIpc) is 2.95. The van der Waals surface area contributed by atoms with E-state index in [0.29, 0.717) is 5.69 Å². The maximum atomic E-state index is 5.86. The van der Waals surface area contributed by atoms with Crippen molar-refractivity contribution in [2.24, 2.45) is 9.98 Å². The number of aromatic nitrogens is 1. The fourth-order valence-corrected chi connectivity index (χ4v) is 1.79. The molecule has 0 spiro atoms. The minimum atomic E-state index is 0.700. The molecule has 0 radical (unpaired) electrons. The van der Waals surface area contributed by atoms with Gasteiger partial charge in [0.05, 0.1) is 22.8 Å². The first-order valence-electron chi connectivity index (χ1n) is 4.99. The molecule has 1 aromatic rings. The van der Waals surface area contributed by atoms with Crippen LogP contribution in [0.5, 0.6) is 0 Å². The van der Waals surface area contributed by atoms with Crippen molar-refractivity contribution >= 4 is 17.6 Å². The lowest BCUT2D eigenvalue weighted by atomic mass is 10.1. The molecule has 0 fully saturated rings. The predicted octanol–water partition coefficient (Wildman–Crippen LogP) is 1.81. The Morgan fingerprint density at radius 1 is 1.25 bits per heavy atom. The monoisotopic (exact) mass is 210 g/mol. The summed E-state index contributed by atoms with van der Waals surface area (Å²) in [6, 6.07) is 1.83. The van der Waals surface area contributed by atoms with Gasteiger partial charge in [0, 0.05) is 24.2 Å². The number of hydrogen-bond acceptors (Lipinski definition) is 3. The smallest absolute Gasteiger partial charge is 0.0980 e. The molecule has 0 aliphatic carbocycles. The highest BCUT2D eigenvalue weighted by atomic mass is 14.8. The van der Waals surface area contributed by atoms with Gasteiger partial charge in [0.25, 0.3) is 0 Å². The van der Waals surface area contributed by atoms with Gasteiger partial charge in [-0.3, -0.25) is 9.98 Å². The van der Waals surface area contributed by atoms with Gasteiger partial charge in [-0.25, -0.2) is 0 Å². The number of nitrogens with one attached hydrogen (secondary N) is 1. The molecule has 4 heteroatoms. The Hall–Kier alpha value is -2.36. The highest BCUT2D eigenvalue weighted by Crippen LogP contribution is 2.24. The van der Waals surface area contributed by atoms with E-state index in [0.717, 1.165) is 22.7 Å². The largest absolute Gasteiger partial charge is 0.397 e. The van der Waals surface area contributed by atoms with Crippen molar-refractivity contribution in [3.05, 3.63) is 53.7 Å². The molecule has 0 atom stereocenters. The number of nitrogens with two attached hydrogens (primary N) is 1. The van der Waals surface area contributed by atoms with Crippen molar-refractivity contribution in [3.8, 4) is 0 Å². The van der Waals surface area contributed by atoms with Crippen molar-refractivity contribution in [1.29, 1.82) is 0 Å². The van der Waals surface area contributed by atoms with Crippen LogP contribution in [-0.2, 0) is 0 Å². The second-order valence-corrected chi connectivity index (χ2v) is 3.54. The molecule has 3 N–H and O–H groups in total. The summed E-state index contributed by atoms with van der Waals surface area (Å²) < 4.78 is 0. The Bertz CT molecular complexity index is 568. The number of hydrogen-bond donors (Lipinski definition) is 2. The fraction of sp³-hybridized carbons (Fsp3) is 0. The van der Waals surface area contributed by atoms with E-state index in [1.807, 2.05) is 30.5 Å². The minimum Gasteiger partial charge on any atom is -0.397 e. The zero-order valence-electron chi connectivity index (χ0n) is 8.51. The molecule has 0 unspecified atom stereocenters. The highest BCUT2D eigenvalue weighted by Gasteiger charge is 2.18. The van der Waals surface area contributed by atoms with E-state index >= 15 is 0 Å². The summed E-state index contributed by atoms with van der Waals surface area (Å²) in [6.45, 7) is 0. The first kappa shape index (κ1) is 8.91. The number of nitrogens with zero attached hydrogens (tertiary/aromatic N) is 2. The van der Waals surface area contributed by atoms with Gasteiger partial charge in [-0.1, -0.05) is 0 Å². The second-order valence-electron chi connectivity index (χ2n) is 3.54. The van der Waals surface area contributed by atoms with Crippen molar-refractivity contribution in [1.82, 2.24) is 4.98 Å². The number of H-pyrrole nitrogens is 1. The topological polar surface area (TPSA) is 66.5 Å². The maximum Gasteiger partial charge on any atom is 0.0980 e. The first-order chi connectivity index (χ1) is 7.86. The van der Waals surface area contributed by atoms with Crippen LogP contribution in [0.25, 0.3) is 0 Å². The first-order valence-corrected chi connectivity index (χ1v) is 4.99. The van der Waals surface area contributed by atoms with Crippen LogP contribution in [0.2, 0.25) is 0 Å². The molecule has 3 rings (SSSR count). The summed E-state index contributed by atoms with van der Waals surface area (Å²) in [6.07, 6.45) is 11.1.